The van der Waals surface area contributed by atoms with Crippen LogP contribution in [0.3, 0.4) is 0 Å². The van der Waals surface area contributed by atoms with E-state index in [2.05, 4.69) is 9.46 Å². The highest BCUT2D eigenvalue weighted by Gasteiger charge is 2.12. The topological polar surface area (TPSA) is 55.4 Å². The number of anilines is 1. The summed E-state index contributed by atoms with van der Waals surface area (Å²) in [7, 11) is -2.01. The molecule has 0 saturated carbocycles. The van der Waals surface area contributed by atoms with E-state index in [0.717, 1.165) is 0 Å². The second-order valence-corrected chi connectivity index (χ2v) is 6.04. The maximum atomic E-state index is 12.8. The zero-order chi connectivity index (χ0) is 12.2. The van der Waals surface area contributed by atoms with Crippen LogP contribution in [0.5, 0.6) is 0 Å². The molecule has 1 aromatic carbocycles. The van der Waals surface area contributed by atoms with Crippen molar-refractivity contribution in [2.45, 2.75) is 0 Å². The minimum atomic E-state index is -3.43. The smallest absolute Gasteiger partial charge is 0.235 e. The first-order valence-corrected chi connectivity index (χ1v) is 7.12. The van der Waals surface area contributed by atoms with E-state index in [0.29, 0.717) is 9.26 Å². The van der Waals surface area contributed by atoms with Gasteiger partial charge >= 0.3 is 0 Å². The molecule has 0 spiro atoms. The van der Waals surface area contributed by atoms with Gasteiger partial charge in [-0.05, 0) is 40.8 Å². The van der Waals surface area contributed by atoms with Gasteiger partial charge in [-0.1, -0.05) is 0 Å². The molecule has 0 aliphatic carbocycles. The minimum absolute atomic E-state index is 0.118. The molecule has 0 heterocycles. The molecule has 0 fully saturated rings. The van der Waals surface area contributed by atoms with Crippen LogP contribution in [0.1, 0.15) is 0 Å². The van der Waals surface area contributed by atoms with Crippen LogP contribution in [0.2, 0.25) is 0 Å². The Morgan fingerprint density at radius 2 is 2.19 bits per heavy atom. The number of rotatable bonds is 5. The predicted octanol–water partition coefficient (Wildman–Crippen LogP) is 1.82. The molecule has 4 nitrogen and oxygen atoms in total. The van der Waals surface area contributed by atoms with Crippen LogP contribution >= 0.6 is 22.6 Å². The average Bonchev–Trinajstić information content (AvgIpc) is 2.19. The number of benzene rings is 1. The Labute approximate surface area is 107 Å². The molecule has 90 valence electrons. The number of sulfonamides is 1. The molecule has 0 unspecified atom stereocenters. The zero-order valence-electron chi connectivity index (χ0n) is 8.54. The van der Waals surface area contributed by atoms with Crippen molar-refractivity contribution in [1.82, 2.24) is 0 Å². The summed E-state index contributed by atoms with van der Waals surface area (Å²) in [6.07, 6.45) is 0. The van der Waals surface area contributed by atoms with E-state index in [1.54, 1.807) is 0 Å². The van der Waals surface area contributed by atoms with Crippen molar-refractivity contribution in [1.29, 1.82) is 0 Å². The van der Waals surface area contributed by atoms with E-state index >= 15 is 0 Å². The quantitative estimate of drug-likeness (QED) is 0.816. The molecule has 0 atom stereocenters. The number of hydrogen-bond donors (Lipinski definition) is 1. The Kier molecular flexibility index (Phi) is 4.93. The average molecular weight is 359 g/mol. The molecule has 0 aliphatic rings. The van der Waals surface area contributed by atoms with Crippen LogP contribution in [-0.4, -0.2) is 27.9 Å². The van der Waals surface area contributed by atoms with Gasteiger partial charge in [0.05, 0.1) is 18.0 Å². The third kappa shape index (κ3) is 4.22. The Balaban J connectivity index is 2.80. The van der Waals surface area contributed by atoms with Crippen molar-refractivity contribution in [2.75, 3.05) is 24.2 Å². The summed E-state index contributed by atoms with van der Waals surface area (Å²) in [5, 5.41) is 0. The van der Waals surface area contributed by atoms with Crippen LogP contribution in [0.15, 0.2) is 18.2 Å². The molecule has 0 radical (unpaired) electrons. The highest BCUT2D eigenvalue weighted by molar-refractivity contribution is 14.1. The molecule has 16 heavy (non-hydrogen) atoms. The molecule has 0 amide bonds. The van der Waals surface area contributed by atoms with Crippen LogP contribution in [-0.2, 0) is 14.8 Å². The Morgan fingerprint density at radius 1 is 1.50 bits per heavy atom. The standard InChI is InChI=1S/C9H11FINO3S/c1-15-4-5-16(13,14)12-9-3-2-7(10)6-8(9)11/h2-3,6,12H,4-5H2,1H3. The summed E-state index contributed by atoms with van der Waals surface area (Å²) in [6.45, 7) is 0.118. The molecule has 0 aliphatic heterocycles. The minimum Gasteiger partial charge on any atom is -0.384 e. The zero-order valence-corrected chi connectivity index (χ0v) is 11.5. The highest BCUT2D eigenvalue weighted by atomic mass is 127. The van der Waals surface area contributed by atoms with Gasteiger partial charge in [0, 0.05) is 10.7 Å². The van der Waals surface area contributed by atoms with E-state index in [1.165, 1.54) is 25.3 Å². The molecule has 0 saturated heterocycles. The summed E-state index contributed by atoms with van der Waals surface area (Å²) in [4.78, 5) is 0. The number of nitrogens with one attached hydrogen (secondary N) is 1. The van der Waals surface area contributed by atoms with Crippen molar-refractivity contribution in [3.05, 3.63) is 27.6 Å². The summed E-state index contributed by atoms with van der Waals surface area (Å²) in [6, 6.07) is 3.85. The first-order chi connectivity index (χ1) is 7.44. The molecule has 1 rings (SSSR count). The lowest BCUT2D eigenvalue weighted by Gasteiger charge is -2.09. The van der Waals surface area contributed by atoms with E-state index in [1.807, 2.05) is 22.6 Å². The first-order valence-electron chi connectivity index (χ1n) is 4.39. The van der Waals surface area contributed by atoms with Crippen molar-refractivity contribution >= 4 is 38.3 Å². The van der Waals surface area contributed by atoms with Gasteiger partial charge in [-0.3, -0.25) is 4.72 Å². The van der Waals surface area contributed by atoms with Crippen LogP contribution in [0, 0.1) is 9.39 Å². The van der Waals surface area contributed by atoms with Crippen molar-refractivity contribution in [3.63, 3.8) is 0 Å². The predicted molar refractivity (Wildman–Crippen MR) is 68.4 cm³/mol. The van der Waals surface area contributed by atoms with Crippen LogP contribution in [0.4, 0.5) is 10.1 Å². The summed E-state index contributed by atoms with van der Waals surface area (Å²) in [5.41, 5.74) is 0.373. The second kappa shape index (κ2) is 5.78. The lowest BCUT2D eigenvalue weighted by molar-refractivity contribution is 0.217. The third-order valence-electron chi connectivity index (χ3n) is 1.75. The molecule has 0 aromatic heterocycles. The Bertz CT molecular complexity index is 464. The summed E-state index contributed by atoms with van der Waals surface area (Å²) in [5.74, 6) is -0.527. The Hall–Kier alpha value is -0.410. The van der Waals surface area contributed by atoms with Crippen molar-refractivity contribution in [3.8, 4) is 0 Å². The normalized spacial score (nSPS) is 11.4. The van der Waals surface area contributed by atoms with Gasteiger partial charge in [0.2, 0.25) is 10.0 Å². The molecule has 1 aromatic rings. The van der Waals surface area contributed by atoms with Gasteiger partial charge in [0.15, 0.2) is 0 Å². The molecular formula is C9H11FINO3S. The molecular weight excluding hydrogens is 348 g/mol. The monoisotopic (exact) mass is 359 g/mol. The maximum absolute atomic E-state index is 12.8. The van der Waals surface area contributed by atoms with Gasteiger partial charge in [0.25, 0.3) is 0 Å². The number of methoxy groups -OCH3 is 1. The van der Waals surface area contributed by atoms with E-state index in [9.17, 15) is 12.8 Å². The largest absolute Gasteiger partial charge is 0.384 e. The SMILES string of the molecule is COCCS(=O)(=O)Nc1ccc(F)cc1I. The lowest BCUT2D eigenvalue weighted by Crippen LogP contribution is -2.20. The molecule has 7 heteroatoms. The number of ether oxygens (including phenoxy) is 1. The van der Waals surface area contributed by atoms with Gasteiger partial charge in [-0.25, -0.2) is 12.8 Å². The fraction of sp³-hybridized carbons (Fsp3) is 0.333. The first kappa shape index (κ1) is 13.7. The van der Waals surface area contributed by atoms with E-state index in [4.69, 9.17) is 0 Å². The second-order valence-electron chi connectivity index (χ2n) is 3.04. The third-order valence-corrected chi connectivity index (χ3v) is 3.88. The molecule has 0 bridgehead atoms. The Morgan fingerprint density at radius 3 is 2.75 bits per heavy atom. The van der Waals surface area contributed by atoms with E-state index in [-0.39, 0.29) is 12.4 Å². The lowest BCUT2D eigenvalue weighted by atomic mass is 10.3. The van der Waals surface area contributed by atoms with Crippen molar-refractivity contribution < 1.29 is 17.5 Å². The number of halogens is 2. The molecule has 1 N–H and O–H groups in total. The summed E-state index contributed by atoms with van der Waals surface area (Å²) >= 11 is 1.87. The van der Waals surface area contributed by atoms with Crippen LogP contribution in [0.25, 0.3) is 0 Å². The summed E-state index contributed by atoms with van der Waals surface area (Å²) < 4.78 is 43.4. The fourth-order valence-corrected chi connectivity index (χ4v) is 2.78. The van der Waals surface area contributed by atoms with Crippen LogP contribution < -0.4 is 4.72 Å². The van der Waals surface area contributed by atoms with E-state index < -0.39 is 15.8 Å². The van der Waals surface area contributed by atoms with Crippen molar-refractivity contribution in [2.24, 2.45) is 0 Å². The maximum Gasteiger partial charge on any atom is 0.235 e. The fourth-order valence-electron chi connectivity index (χ4n) is 0.984. The number of hydrogen-bond acceptors (Lipinski definition) is 3. The van der Waals surface area contributed by atoms with Gasteiger partial charge in [-0.15, -0.1) is 0 Å². The highest BCUT2D eigenvalue weighted by Crippen LogP contribution is 2.20. The van der Waals surface area contributed by atoms with Gasteiger partial charge in [-0.2, -0.15) is 0 Å². The van der Waals surface area contributed by atoms with Gasteiger partial charge in [0.1, 0.15) is 5.82 Å². The van der Waals surface area contributed by atoms with Gasteiger partial charge < -0.3 is 4.74 Å².